The molecule has 3 nitrogen and oxygen atoms in total. The molecule has 126 valence electrons. The first-order valence-corrected chi connectivity index (χ1v) is 8.50. The highest BCUT2D eigenvalue weighted by molar-refractivity contribution is 6.06. The third-order valence-corrected chi connectivity index (χ3v) is 4.21. The number of hydrogen-bond donors (Lipinski definition) is 0. The maximum Gasteiger partial charge on any atom is 0.227 e. The topological polar surface area (TPSA) is 37.4 Å². The van der Waals surface area contributed by atoms with Crippen LogP contribution >= 0.6 is 0 Å². The van der Waals surface area contributed by atoms with Gasteiger partial charge in [0.1, 0.15) is 0 Å². The number of rotatable bonds is 5. The average molecular weight is 331 g/mol. The molecule has 0 bridgehead atoms. The number of benzene rings is 2. The number of ketones is 1. The molecule has 1 heterocycles. The molecule has 3 heteroatoms. The molecule has 1 saturated heterocycles. The molecule has 1 fully saturated rings. The van der Waals surface area contributed by atoms with Crippen molar-refractivity contribution in [2.75, 3.05) is 11.4 Å². The molecule has 0 radical (unpaired) electrons. The standard InChI is InChI=1S/C22H21NO2/c1-17(15-18-7-3-2-4-8-18)12-13-21(24)19-9-5-10-20(16-19)23-14-6-11-22(23)25/h2-5,7-10,12-13,15-16H,6,11,14H2,1H3/b13-12-,17-15+. The lowest BCUT2D eigenvalue weighted by atomic mass is 10.1. The van der Waals surface area contributed by atoms with Crippen LogP contribution in [0.2, 0.25) is 0 Å². The fraction of sp³-hybridized carbons (Fsp3) is 0.182. The Labute approximate surface area is 148 Å². The lowest BCUT2D eigenvalue weighted by molar-refractivity contribution is -0.117. The molecule has 0 unspecified atom stereocenters. The summed E-state index contributed by atoms with van der Waals surface area (Å²) in [4.78, 5) is 26.0. The lowest BCUT2D eigenvalue weighted by Crippen LogP contribution is -2.23. The van der Waals surface area contributed by atoms with Crippen LogP contribution in [0.3, 0.4) is 0 Å². The minimum Gasteiger partial charge on any atom is -0.312 e. The summed E-state index contributed by atoms with van der Waals surface area (Å²) in [5.74, 6) is 0.0658. The highest BCUT2D eigenvalue weighted by Crippen LogP contribution is 2.22. The molecule has 3 rings (SSSR count). The van der Waals surface area contributed by atoms with Crippen LogP contribution in [0.15, 0.2) is 72.3 Å². The van der Waals surface area contributed by atoms with Gasteiger partial charge in [-0.15, -0.1) is 0 Å². The molecule has 2 aromatic rings. The van der Waals surface area contributed by atoms with Gasteiger partial charge in [-0.25, -0.2) is 0 Å². The van der Waals surface area contributed by atoms with Crippen molar-refractivity contribution in [3.8, 4) is 0 Å². The summed E-state index contributed by atoms with van der Waals surface area (Å²) in [5, 5.41) is 0. The smallest absolute Gasteiger partial charge is 0.227 e. The molecule has 1 aliphatic heterocycles. The lowest BCUT2D eigenvalue weighted by Gasteiger charge is -2.16. The number of allylic oxidation sites excluding steroid dienone is 3. The van der Waals surface area contributed by atoms with Gasteiger partial charge >= 0.3 is 0 Å². The van der Waals surface area contributed by atoms with Crippen LogP contribution in [0.5, 0.6) is 0 Å². The molecule has 1 aliphatic rings. The van der Waals surface area contributed by atoms with Gasteiger partial charge in [0.15, 0.2) is 5.78 Å². The number of amides is 1. The van der Waals surface area contributed by atoms with E-state index in [0.717, 1.165) is 29.8 Å². The Kier molecular flexibility index (Phi) is 5.24. The minimum atomic E-state index is -0.0608. The first-order valence-electron chi connectivity index (χ1n) is 8.50. The fourth-order valence-electron chi connectivity index (χ4n) is 2.91. The molecule has 0 saturated carbocycles. The van der Waals surface area contributed by atoms with Crippen LogP contribution in [0.25, 0.3) is 6.08 Å². The summed E-state index contributed by atoms with van der Waals surface area (Å²) >= 11 is 0. The third kappa shape index (κ3) is 4.32. The van der Waals surface area contributed by atoms with Crippen molar-refractivity contribution in [3.63, 3.8) is 0 Å². The number of carbonyl (C=O) groups excluding carboxylic acids is 2. The predicted molar refractivity (Wildman–Crippen MR) is 102 cm³/mol. The van der Waals surface area contributed by atoms with Crippen molar-refractivity contribution >= 4 is 23.5 Å². The molecule has 0 aromatic heterocycles. The summed E-state index contributed by atoms with van der Waals surface area (Å²) in [5.41, 5.74) is 3.51. The zero-order chi connectivity index (χ0) is 17.6. The van der Waals surface area contributed by atoms with E-state index in [2.05, 4.69) is 0 Å². The molecule has 1 amide bonds. The second-order valence-electron chi connectivity index (χ2n) is 6.20. The Hall–Kier alpha value is -2.94. The van der Waals surface area contributed by atoms with E-state index in [-0.39, 0.29) is 11.7 Å². The second kappa shape index (κ2) is 7.75. The summed E-state index contributed by atoms with van der Waals surface area (Å²) in [6.07, 6.45) is 6.90. The van der Waals surface area contributed by atoms with Gasteiger partial charge in [-0.2, -0.15) is 0 Å². The highest BCUT2D eigenvalue weighted by Gasteiger charge is 2.21. The molecule has 0 atom stereocenters. The Balaban J connectivity index is 1.73. The molecule has 0 aliphatic carbocycles. The first kappa shape index (κ1) is 16.9. The Morgan fingerprint density at radius 2 is 1.84 bits per heavy atom. The van der Waals surface area contributed by atoms with E-state index in [0.29, 0.717) is 12.0 Å². The van der Waals surface area contributed by atoms with Gasteiger partial charge in [-0.05, 0) is 37.1 Å². The molecule has 2 aromatic carbocycles. The van der Waals surface area contributed by atoms with Gasteiger partial charge in [0.25, 0.3) is 0 Å². The van der Waals surface area contributed by atoms with Crippen molar-refractivity contribution in [1.29, 1.82) is 0 Å². The summed E-state index contributed by atoms with van der Waals surface area (Å²) in [6.45, 7) is 2.70. The SMILES string of the molecule is CC(/C=C\C(=O)c1cccc(N2CCCC2=O)c1)=C\c1ccccc1. The predicted octanol–water partition coefficient (Wildman–Crippen LogP) is 4.66. The van der Waals surface area contributed by atoms with E-state index in [1.807, 2.05) is 61.5 Å². The van der Waals surface area contributed by atoms with Crippen LogP contribution in [-0.2, 0) is 4.79 Å². The van der Waals surface area contributed by atoms with Crippen LogP contribution < -0.4 is 4.90 Å². The van der Waals surface area contributed by atoms with E-state index in [9.17, 15) is 9.59 Å². The van der Waals surface area contributed by atoms with Crippen LogP contribution in [0.1, 0.15) is 35.7 Å². The maximum absolute atomic E-state index is 12.4. The number of carbonyl (C=O) groups is 2. The molecular formula is C22H21NO2. The first-order chi connectivity index (χ1) is 12.1. The normalized spacial score (nSPS) is 15.2. The molecule has 0 N–H and O–H groups in total. The zero-order valence-electron chi connectivity index (χ0n) is 14.3. The average Bonchev–Trinajstić information content (AvgIpc) is 3.06. The summed E-state index contributed by atoms with van der Waals surface area (Å²) < 4.78 is 0. The zero-order valence-corrected chi connectivity index (χ0v) is 14.3. The van der Waals surface area contributed by atoms with Gasteiger partial charge in [-0.1, -0.05) is 60.2 Å². The van der Waals surface area contributed by atoms with Gasteiger partial charge in [-0.3, -0.25) is 9.59 Å². The third-order valence-electron chi connectivity index (χ3n) is 4.21. The Bertz CT molecular complexity index is 834. The van der Waals surface area contributed by atoms with Crippen molar-refractivity contribution < 1.29 is 9.59 Å². The molecular weight excluding hydrogens is 310 g/mol. The van der Waals surface area contributed by atoms with Gasteiger partial charge in [0.05, 0.1) is 0 Å². The van der Waals surface area contributed by atoms with Gasteiger partial charge < -0.3 is 4.90 Å². The van der Waals surface area contributed by atoms with E-state index in [1.54, 1.807) is 23.1 Å². The van der Waals surface area contributed by atoms with Crippen LogP contribution in [0.4, 0.5) is 5.69 Å². The Morgan fingerprint density at radius 3 is 2.56 bits per heavy atom. The van der Waals surface area contributed by atoms with E-state index in [1.165, 1.54) is 0 Å². The van der Waals surface area contributed by atoms with Crippen LogP contribution in [-0.4, -0.2) is 18.2 Å². The molecule has 0 spiro atoms. The largest absolute Gasteiger partial charge is 0.312 e. The summed E-state index contributed by atoms with van der Waals surface area (Å²) in [7, 11) is 0. The quantitative estimate of drug-likeness (QED) is 0.454. The van der Waals surface area contributed by atoms with E-state index >= 15 is 0 Å². The number of anilines is 1. The maximum atomic E-state index is 12.4. The number of nitrogens with zero attached hydrogens (tertiary/aromatic N) is 1. The monoisotopic (exact) mass is 331 g/mol. The number of hydrogen-bond acceptors (Lipinski definition) is 2. The van der Waals surface area contributed by atoms with Crippen molar-refractivity contribution in [1.82, 2.24) is 0 Å². The van der Waals surface area contributed by atoms with Crippen LogP contribution in [0, 0.1) is 0 Å². The van der Waals surface area contributed by atoms with Gasteiger partial charge in [0.2, 0.25) is 5.91 Å². The minimum absolute atomic E-state index is 0.0608. The summed E-state index contributed by atoms with van der Waals surface area (Å²) in [6, 6.07) is 17.3. The Morgan fingerprint density at radius 1 is 1.04 bits per heavy atom. The van der Waals surface area contributed by atoms with Crippen molar-refractivity contribution in [2.24, 2.45) is 0 Å². The van der Waals surface area contributed by atoms with Crippen molar-refractivity contribution in [2.45, 2.75) is 19.8 Å². The second-order valence-corrected chi connectivity index (χ2v) is 6.20. The fourth-order valence-corrected chi connectivity index (χ4v) is 2.91. The van der Waals surface area contributed by atoms with Gasteiger partial charge in [0, 0.05) is 24.2 Å². The molecule has 25 heavy (non-hydrogen) atoms. The highest BCUT2D eigenvalue weighted by atomic mass is 16.2. The van der Waals surface area contributed by atoms with Crippen molar-refractivity contribution in [3.05, 3.63) is 83.4 Å². The van der Waals surface area contributed by atoms with E-state index in [4.69, 9.17) is 0 Å². The van der Waals surface area contributed by atoms with E-state index < -0.39 is 0 Å².